The number of fused-ring (bicyclic) bond motifs is 1. The lowest BCUT2D eigenvalue weighted by atomic mass is 10.2. The zero-order valence-corrected chi connectivity index (χ0v) is 9.60. The second kappa shape index (κ2) is 3.63. The molecule has 0 unspecified atom stereocenters. The molecule has 4 nitrogen and oxygen atoms in total. The highest BCUT2D eigenvalue weighted by atomic mass is 16.1. The van der Waals surface area contributed by atoms with Crippen LogP contribution < -0.4 is 11.1 Å². The quantitative estimate of drug-likeness (QED) is 0.725. The van der Waals surface area contributed by atoms with Crippen molar-refractivity contribution in [1.82, 2.24) is 8.97 Å². The van der Waals surface area contributed by atoms with Crippen molar-refractivity contribution >= 4 is 5.52 Å². The molecule has 0 aromatic carbocycles. The van der Waals surface area contributed by atoms with Crippen LogP contribution >= 0.6 is 0 Å². The first-order valence-electron chi connectivity index (χ1n) is 5.25. The summed E-state index contributed by atoms with van der Waals surface area (Å²) in [6, 6.07) is 3.25. The van der Waals surface area contributed by atoms with Gasteiger partial charge in [-0.2, -0.15) is 0 Å². The normalized spacial score (nSPS) is 11.2. The summed E-state index contributed by atoms with van der Waals surface area (Å²) < 4.78 is 3.03. The molecule has 0 amide bonds. The molecular weight excluding hydrogens is 204 g/mol. The predicted octanol–water partition coefficient (Wildman–Crippen LogP) is 1.35. The Morgan fingerprint density at radius 1 is 1.12 bits per heavy atom. The molecule has 0 aliphatic carbocycles. The first-order valence-corrected chi connectivity index (χ1v) is 5.25. The summed E-state index contributed by atoms with van der Waals surface area (Å²) in [5.74, 6) is 0. The van der Waals surface area contributed by atoms with E-state index in [0.29, 0.717) is 5.52 Å². The first-order chi connectivity index (χ1) is 7.52. The fourth-order valence-corrected chi connectivity index (χ4v) is 1.81. The number of hydrogen-bond donors (Lipinski definition) is 0. The minimum absolute atomic E-state index is 0.0900. The van der Waals surface area contributed by atoms with Gasteiger partial charge in [0.2, 0.25) is 0 Å². The van der Waals surface area contributed by atoms with E-state index in [1.165, 1.54) is 10.5 Å². The maximum Gasteiger partial charge on any atom is 0.275 e. The van der Waals surface area contributed by atoms with E-state index in [1.54, 1.807) is 23.0 Å². The standard InChI is InChI=1S/C12H14N2O2/c1-8(2)13-6-7-14-10(15)5-4-9(3)11(14)12(13)16/h4-8H,1-3H3. The van der Waals surface area contributed by atoms with Gasteiger partial charge in [0, 0.05) is 24.5 Å². The lowest BCUT2D eigenvalue weighted by Gasteiger charge is -2.11. The summed E-state index contributed by atoms with van der Waals surface area (Å²) in [5, 5.41) is 0. The Labute approximate surface area is 92.8 Å². The number of aryl methyl sites for hydroxylation is 1. The largest absolute Gasteiger partial charge is 0.310 e. The fourth-order valence-electron chi connectivity index (χ4n) is 1.81. The van der Waals surface area contributed by atoms with Gasteiger partial charge >= 0.3 is 0 Å². The molecule has 0 aliphatic rings. The highest BCUT2D eigenvalue weighted by Gasteiger charge is 2.08. The number of rotatable bonds is 1. The van der Waals surface area contributed by atoms with Crippen LogP contribution in [0.4, 0.5) is 0 Å². The van der Waals surface area contributed by atoms with Crippen molar-refractivity contribution in [3.8, 4) is 0 Å². The van der Waals surface area contributed by atoms with Crippen LogP contribution in [-0.4, -0.2) is 8.97 Å². The van der Waals surface area contributed by atoms with Gasteiger partial charge in [-0.15, -0.1) is 0 Å². The number of hydrogen-bond acceptors (Lipinski definition) is 2. The molecule has 0 spiro atoms. The summed E-state index contributed by atoms with van der Waals surface area (Å²) in [5.41, 5.74) is 0.990. The van der Waals surface area contributed by atoms with Crippen molar-refractivity contribution in [2.45, 2.75) is 26.8 Å². The summed E-state index contributed by atoms with van der Waals surface area (Å²) in [7, 11) is 0. The minimum Gasteiger partial charge on any atom is -0.310 e. The third-order valence-electron chi connectivity index (χ3n) is 2.70. The van der Waals surface area contributed by atoms with Crippen molar-refractivity contribution in [3.05, 3.63) is 50.8 Å². The monoisotopic (exact) mass is 218 g/mol. The predicted molar refractivity (Wildman–Crippen MR) is 63.0 cm³/mol. The molecule has 0 bridgehead atoms. The van der Waals surface area contributed by atoms with E-state index >= 15 is 0 Å². The lowest BCUT2D eigenvalue weighted by Crippen LogP contribution is -2.27. The topological polar surface area (TPSA) is 43.5 Å². The molecular formula is C12H14N2O2. The van der Waals surface area contributed by atoms with Crippen LogP contribution in [0.3, 0.4) is 0 Å². The van der Waals surface area contributed by atoms with E-state index in [-0.39, 0.29) is 17.2 Å². The third-order valence-corrected chi connectivity index (χ3v) is 2.70. The van der Waals surface area contributed by atoms with Crippen LogP contribution in [-0.2, 0) is 0 Å². The van der Waals surface area contributed by atoms with Crippen LogP contribution in [0.15, 0.2) is 34.1 Å². The molecule has 0 radical (unpaired) electrons. The Morgan fingerprint density at radius 3 is 2.44 bits per heavy atom. The molecule has 2 rings (SSSR count). The molecule has 0 N–H and O–H groups in total. The smallest absolute Gasteiger partial charge is 0.275 e. The molecule has 2 aromatic heterocycles. The summed E-state index contributed by atoms with van der Waals surface area (Å²) in [6.45, 7) is 5.71. The average Bonchev–Trinajstić information content (AvgIpc) is 2.23. The van der Waals surface area contributed by atoms with Crippen LogP contribution in [0.25, 0.3) is 5.52 Å². The van der Waals surface area contributed by atoms with E-state index in [4.69, 9.17) is 0 Å². The average molecular weight is 218 g/mol. The van der Waals surface area contributed by atoms with E-state index in [9.17, 15) is 9.59 Å². The van der Waals surface area contributed by atoms with Gasteiger partial charge in [-0.1, -0.05) is 6.07 Å². The number of nitrogens with zero attached hydrogens (tertiary/aromatic N) is 2. The van der Waals surface area contributed by atoms with Gasteiger partial charge < -0.3 is 4.57 Å². The highest BCUT2D eigenvalue weighted by Crippen LogP contribution is 2.04. The van der Waals surface area contributed by atoms with Crippen molar-refractivity contribution in [2.75, 3.05) is 0 Å². The van der Waals surface area contributed by atoms with E-state index in [0.717, 1.165) is 5.56 Å². The Morgan fingerprint density at radius 2 is 1.81 bits per heavy atom. The number of aromatic nitrogens is 2. The first kappa shape index (κ1) is 10.7. The molecule has 2 heterocycles. The second-order valence-corrected chi connectivity index (χ2v) is 4.18. The van der Waals surface area contributed by atoms with Gasteiger partial charge in [0.1, 0.15) is 5.52 Å². The summed E-state index contributed by atoms with van der Waals surface area (Å²) >= 11 is 0. The van der Waals surface area contributed by atoms with Crippen molar-refractivity contribution in [1.29, 1.82) is 0 Å². The maximum absolute atomic E-state index is 12.1. The number of pyridine rings is 1. The van der Waals surface area contributed by atoms with Gasteiger partial charge in [-0.25, -0.2) is 0 Å². The fraction of sp³-hybridized carbons (Fsp3) is 0.333. The Balaban J connectivity index is 3.00. The van der Waals surface area contributed by atoms with Gasteiger partial charge in [0.25, 0.3) is 11.1 Å². The Kier molecular flexibility index (Phi) is 2.42. The van der Waals surface area contributed by atoms with Crippen LogP contribution in [0, 0.1) is 6.92 Å². The van der Waals surface area contributed by atoms with E-state index in [2.05, 4.69) is 0 Å². The molecule has 0 saturated carbocycles. The molecule has 84 valence electrons. The third kappa shape index (κ3) is 1.46. The molecule has 0 atom stereocenters. The van der Waals surface area contributed by atoms with Gasteiger partial charge in [0.15, 0.2) is 0 Å². The van der Waals surface area contributed by atoms with E-state index < -0.39 is 0 Å². The highest BCUT2D eigenvalue weighted by molar-refractivity contribution is 5.51. The van der Waals surface area contributed by atoms with Gasteiger partial charge in [0.05, 0.1) is 0 Å². The Hall–Kier alpha value is -1.84. The van der Waals surface area contributed by atoms with Gasteiger partial charge in [-0.3, -0.25) is 14.0 Å². The molecule has 16 heavy (non-hydrogen) atoms. The molecule has 0 fully saturated rings. The maximum atomic E-state index is 12.1. The van der Waals surface area contributed by atoms with Crippen LogP contribution in [0.2, 0.25) is 0 Å². The van der Waals surface area contributed by atoms with Crippen molar-refractivity contribution < 1.29 is 0 Å². The zero-order valence-electron chi connectivity index (χ0n) is 9.60. The molecule has 0 aliphatic heterocycles. The Bertz CT molecular complexity index is 650. The van der Waals surface area contributed by atoms with Crippen LogP contribution in [0.5, 0.6) is 0 Å². The van der Waals surface area contributed by atoms with E-state index in [1.807, 2.05) is 20.8 Å². The SMILES string of the molecule is Cc1ccc(=O)n2ccn(C(C)C)c(=O)c12. The molecule has 4 heteroatoms. The van der Waals surface area contributed by atoms with Gasteiger partial charge in [-0.05, 0) is 26.3 Å². The minimum atomic E-state index is -0.173. The molecule has 0 saturated heterocycles. The van der Waals surface area contributed by atoms with Crippen LogP contribution in [0.1, 0.15) is 25.5 Å². The van der Waals surface area contributed by atoms with Crippen molar-refractivity contribution in [2.24, 2.45) is 0 Å². The zero-order chi connectivity index (χ0) is 11.9. The second-order valence-electron chi connectivity index (χ2n) is 4.18. The van der Waals surface area contributed by atoms with Crippen molar-refractivity contribution in [3.63, 3.8) is 0 Å². The lowest BCUT2D eigenvalue weighted by molar-refractivity contribution is 0.576. The summed E-state index contributed by atoms with van der Waals surface area (Å²) in [6.07, 6.45) is 3.30. The molecule has 2 aromatic rings. The summed E-state index contributed by atoms with van der Waals surface area (Å²) in [4.78, 5) is 23.7.